The van der Waals surface area contributed by atoms with E-state index < -0.39 is 17.7 Å². The number of hydrogen-bond acceptors (Lipinski definition) is 8. The van der Waals surface area contributed by atoms with Crippen molar-refractivity contribution in [3.05, 3.63) is 22.5 Å². The van der Waals surface area contributed by atoms with Crippen molar-refractivity contribution in [2.45, 2.75) is 24.7 Å². The fourth-order valence-corrected chi connectivity index (χ4v) is 4.77. The zero-order valence-electron chi connectivity index (χ0n) is 15.0. The number of nitrogens with two attached hydrogens (primary N) is 1. The van der Waals surface area contributed by atoms with Crippen LogP contribution in [0.4, 0.5) is 4.79 Å². The number of allylic oxidation sites excluding steroid dienone is 2. The number of rotatable bonds is 6. The molecule has 3 heterocycles. The molecular weight excluding hydrogens is 376 g/mol. The highest BCUT2D eigenvalue weighted by Crippen LogP contribution is 2.55. The third-order valence-electron chi connectivity index (χ3n) is 5.82. The Labute approximate surface area is 160 Å². The molecule has 0 bridgehead atoms. The van der Waals surface area contributed by atoms with Crippen molar-refractivity contribution in [3.63, 3.8) is 0 Å². The largest absolute Gasteiger partial charge is 0.449 e. The Kier molecular flexibility index (Phi) is 4.21. The molecule has 4 N–H and O–H groups in total. The molecular formula is C17H21ClN4O5. The number of nitrogens with zero attached hydrogens (tertiary/aromatic N) is 1. The number of carbonyl (C=O) groups is 3. The van der Waals surface area contributed by atoms with Crippen LogP contribution in [0, 0.1) is 5.92 Å². The van der Waals surface area contributed by atoms with Crippen LogP contribution in [0.15, 0.2) is 22.5 Å². The molecule has 3 aliphatic heterocycles. The van der Waals surface area contributed by atoms with Crippen LogP contribution in [0.3, 0.4) is 0 Å². The van der Waals surface area contributed by atoms with Gasteiger partial charge in [-0.2, -0.15) is 0 Å². The second-order valence-electron chi connectivity index (χ2n) is 7.04. The Morgan fingerprint density at radius 1 is 1.44 bits per heavy atom. The number of primary amides is 1. The fraction of sp³-hybridized carbons (Fsp3) is 0.588. The molecule has 4 aliphatic rings. The summed E-state index contributed by atoms with van der Waals surface area (Å²) in [5.41, 5.74) is 5.41. The maximum Gasteiger partial charge on any atom is 0.404 e. The Morgan fingerprint density at radius 3 is 2.81 bits per heavy atom. The van der Waals surface area contributed by atoms with Crippen LogP contribution in [-0.2, 0) is 19.1 Å². The van der Waals surface area contributed by atoms with Gasteiger partial charge < -0.3 is 30.7 Å². The Balaban J connectivity index is 1.79. The lowest BCUT2D eigenvalue weighted by Gasteiger charge is -2.39. The van der Waals surface area contributed by atoms with Crippen LogP contribution in [0.25, 0.3) is 0 Å². The number of nitrogens with one attached hydrogen (secondary N) is 2. The average Bonchev–Trinajstić information content (AvgIpc) is 3.24. The maximum absolute atomic E-state index is 13.3. The number of piperazine rings is 1. The van der Waals surface area contributed by atoms with E-state index in [2.05, 4.69) is 10.6 Å². The molecule has 10 heteroatoms. The molecule has 0 radical (unpaired) electrons. The molecule has 0 saturated carbocycles. The van der Waals surface area contributed by atoms with E-state index >= 15 is 0 Å². The first kappa shape index (κ1) is 18.3. The van der Waals surface area contributed by atoms with Crippen LogP contribution in [0.1, 0.15) is 6.92 Å². The lowest BCUT2D eigenvalue weighted by molar-refractivity contribution is -0.137. The molecule has 0 aromatic carbocycles. The zero-order chi connectivity index (χ0) is 19.5. The van der Waals surface area contributed by atoms with Crippen molar-refractivity contribution in [1.82, 2.24) is 15.5 Å². The molecule has 2 saturated heterocycles. The van der Waals surface area contributed by atoms with E-state index in [1.165, 1.54) is 7.11 Å². The third-order valence-corrected chi connectivity index (χ3v) is 6.01. The summed E-state index contributed by atoms with van der Waals surface area (Å²) < 4.78 is 10.9. The predicted octanol–water partition coefficient (Wildman–Crippen LogP) is -0.781. The van der Waals surface area contributed by atoms with Gasteiger partial charge in [-0.1, -0.05) is 0 Å². The number of ether oxygens (including phenoxy) is 2. The highest BCUT2D eigenvalue weighted by molar-refractivity contribution is 6.25. The van der Waals surface area contributed by atoms with Crippen molar-refractivity contribution in [1.29, 1.82) is 0 Å². The van der Waals surface area contributed by atoms with Gasteiger partial charge in [-0.3, -0.25) is 9.59 Å². The summed E-state index contributed by atoms with van der Waals surface area (Å²) in [6.45, 7) is 2.37. The Hall–Kier alpha value is -2.10. The topological polar surface area (TPSA) is 133 Å². The minimum atomic E-state index is -0.960. The van der Waals surface area contributed by atoms with Gasteiger partial charge in [0.1, 0.15) is 6.61 Å². The van der Waals surface area contributed by atoms with Gasteiger partial charge in [0.05, 0.1) is 23.4 Å². The van der Waals surface area contributed by atoms with Crippen molar-refractivity contribution >= 4 is 29.3 Å². The van der Waals surface area contributed by atoms with Crippen molar-refractivity contribution < 1.29 is 23.9 Å². The molecule has 2 fully saturated rings. The second-order valence-corrected chi connectivity index (χ2v) is 7.41. The van der Waals surface area contributed by atoms with Gasteiger partial charge >= 0.3 is 6.09 Å². The molecule has 0 aromatic heterocycles. The van der Waals surface area contributed by atoms with Crippen LogP contribution >= 0.6 is 11.6 Å². The first-order valence-corrected chi connectivity index (χ1v) is 9.27. The monoisotopic (exact) mass is 396 g/mol. The summed E-state index contributed by atoms with van der Waals surface area (Å²) in [5.74, 6) is -0.869. The fourth-order valence-electron chi connectivity index (χ4n) is 4.68. The molecule has 146 valence electrons. The summed E-state index contributed by atoms with van der Waals surface area (Å²) in [5, 5.41) is 6.26. The number of hydrogen-bond donors (Lipinski definition) is 3. The van der Waals surface area contributed by atoms with Gasteiger partial charge in [0.25, 0.3) is 0 Å². The van der Waals surface area contributed by atoms with Crippen LogP contribution < -0.4 is 16.4 Å². The molecule has 4 atom stereocenters. The summed E-state index contributed by atoms with van der Waals surface area (Å²) >= 11 is 5.72. The maximum atomic E-state index is 13.3. The first-order valence-electron chi connectivity index (χ1n) is 8.73. The second kappa shape index (κ2) is 6.22. The first-order chi connectivity index (χ1) is 12.9. The number of ketones is 2. The normalized spacial score (nSPS) is 33.9. The quantitative estimate of drug-likeness (QED) is 0.302. The average molecular weight is 397 g/mol. The Bertz CT molecular complexity index is 809. The minimum absolute atomic E-state index is 0.0604. The van der Waals surface area contributed by atoms with Gasteiger partial charge in [-0.25, -0.2) is 4.79 Å². The van der Waals surface area contributed by atoms with Gasteiger partial charge in [0, 0.05) is 43.3 Å². The molecule has 0 aromatic rings. The zero-order valence-corrected chi connectivity index (χ0v) is 15.8. The van der Waals surface area contributed by atoms with Gasteiger partial charge in [-0.15, -0.1) is 11.6 Å². The minimum Gasteiger partial charge on any atom is -0.449 e. The Morgan fingerprint density at radius 2 is 2.19 bits per heavy atom. The molecule has 9 nitrogen and oxygen atoms in total. The van der Waals surface area contributed by atoms with E-state index in [-0.39, 0.29) is 36.0 Å². The summed E-state index contributed by atoms with van der Waals surface area (Å²) in [6.07, 6.45) is -0.943. The lowest BCUT2D eigenvalue weighted by atomic mass is 9.82. The number of fused-ring (bicyclic) bond motifs is 4. The van der Waals surface area contributed by atoms with Crippen molar-refractivity contribution in [2.75, 3.05) is 32.7 Å². The van der Waals surface area contributed by atoms with Gasteiger partial charge in [0.2, 0.25) is 11.6 Å². The summed E-state index contributed by atoms with van der Waals surface area (Å²) in [7, 11) is 1.53. The molecule has 27 heavy (non-hydrogen) atoms. The van der Waals surface area contributed by atoms with E-state index in [0.717, 1.165) is 0 Å². The number of methoxy groups -OCH3 is 1. The molecule has 4 rings (SSSR count). The number of carbonyl (C=O) groups excluding carboxylic acids is 3. The smallest absolute Gasteiger partial charge is 0.404 e. The summed E-state index contributed by atoms with van der Waals surface area (Å²) in [6, 6.07) is 0.104. The van der Waals surface area contributed by atoms with Crippen molar-refractivity contribution in [3.8, 4) is 0 Å². The van der Waals surface area contributed by atoms with E-state index in [9.17, 15) is 14.4 Å². The lowest BCUT2D eigenvalue weighted by Crippen LogP contribution is -2.55. The van der Waals surface area contributed by atoms with E-state index in [1.54, 1.807) is 6.92 Å². The van der Waals surface area contributed by atoms with Crippen LogP contribution in [-0.4, -0.2) is 73.1 Å². The van der Waals surface area contributed by atoms with Crippen molar-refractivity contribution in [2.24, 2.45) is 11.7 Å². The number of alkyl halides is 1. The van der Waals surface area contributed by atoms with Crippen LogP contribution in [0.2, 0.25) is 0 Å². The van der Waals surface area contributed by atoms with E-state index in [1.807, 2.05) is 4.90 Å². The predicted molar refractivity (Wildman–Crippen MR) is 94.6 cm³/mol. The number of Topliss-reactive ketones (excluding diaryl/α,β-unsaturated/α-hetero) is 2. The van der Waals surface area contributed by atoms with E-state index in [0.29, 0.717) is 35.8 Å². The molecule has 1 amide bonds. The molecule has 1 aliphatic carbocycles. The summed E-state index contributed by atoms with van der Waals surface area (Å²) in [4.78, 5) is 39.5. The molecule has 1 unspecified atom stereocenters. The van der Waals surface area contributed by atoms with Crippen LogP contribution in [0.5, 0.6) is 0 Å². The third kappa shape index (κ3) is 2.35. The van der Waals surface area contributed by atoms with Gasteiger partial charge in [-0.05, 0) is 6.92 Å². The highest BCUT2D eigenvalue weighted by atomic mass is 35.5. The number of halogens is 1. The molecule has 0 spiro atoms. The number of amides is 1. The van der Waals surface area contributed by atoms with E-state index in [4.69, 9.17) is 26.8 Å². The standard InChI is InChI=1S/C17H21ClN4O5/c1-7-11(20-4-3-18)14(24)10-8(6-27-16(19)25)17(26-2)15-9(21-15)5-22(17)12(10)13(7)23/h8-9,15,20-21H,3-6H2,1-2H3,(H2,19,25)/t8-,9+,15+,17?/m0/s1. The SMILES string of the molecule is COC12[C@@H]3N[C@@H]3CN1C1=C(C(=O)C(NCCCl)=C(C)C1=O)[C@@H]2COC(N)=O. The van der Waals surface area contributed by atoms with Gasteiger partial charge in [0.15, 0.2) is 5.72 Å². The highest BCUT2D eigenvalue weighted by Gasteiger charge is 2.72.